The third-order valence-corrected chi connectivity index (χ3v) is 5.75. The SMILES string of the molecule is Cc1c(Cl)cccc1NC(=O)CN1C(=O)N[C@@]2(CCCC[C@@H]2C)C1=O. The molecule has 25 heavy (non-hydrogen) atoms. The first-order valence-corrected chi connectivity index (χ1v) is 8.92. The van der Waals surface area contributed by atoms with Gasteiger partial charge in [0.25, 0.3) is 5.91 Å². The van der Waals surface area contributed by atoms with Crippen molar-refractivity contribution in [3.63, 3.8) is 0 Å². The van der Waals surface area contributed by atoms with Gasteiger partial charge < -0.3 is 10.6 Å². The summed E-state index contributed by atoms with van der Waals surface area (Å²) in [6.07, 6.45) is 3.48. The van der Waals surface area contributed by atoms with Gasteiger partial charge in [0.2, 0.25) is 5.91 Å². The van der Waals surface area contributed by atoms with Gasteiger partial charge in [0.15, 0.2) is 0 Å². The number of hydrogen-bond acceptors (Lipinski definition) is 3. The van der Waals surface area contributed by atoms with Crippen LogP contribution in [0.3, 0.4) is 0 Å². The number of benzene rings is 1. The Balaban J connectivity index is 1.72. The highest BCUT2D eigenvalue weighted by atomic mass is 35.5. The predicted molar refractivity (Wildman–Crippen MR) is 95.4 cm³/mol. The van der Waals surface area contributed by atoms with E-state index in [1.165, 1.54) is 0 Å². The minimum Gasteiger partial charge on any atom is -0.324 e. The number of carbonyl (C=O) groups is 3. The molecule has 1 heterocycles. The van der Waals surface area contributed by atoms with Crippen LogP contribution in [-0.4, -0.2) is 34.8 Å². The molecule has 1 saturated heterocycles. The Morgan fingerprint density at radius 1 is 1.40 bits per heavy atom. The van der Waals surface area contributed by atoms with E-state index in [1.54, 1.807) is 25.1 Å². The van der Waals surface area contributed by atoms with E-state index in [1.807, 2.05) is 6.92 Å². The molecule has 134 valence electrons. The van der Waals surface area contributed by atoms with Gasteiger partial charge >= 0.3 is 6.03 Å². The Kier molecular flexibility index (Phi) is 4.73. The quantitative estimate of drug-likeness (QED) is 0.810. The molecule has 7 heteroatoms. The number of amides is 4. The lowest BCUT2D eigenvalue weighted by Gasteiger charge is -2.36. The fourth-order valence-corrected chi connectivity index (χ4v) is 3.89. The molecule has 0 radical (unpaired) electrons. The summed E-state index contributed by atoms with van der Waals surface area (Å²) in [4.78, 5) is 38.5. The summed E-state index contributed by atoms with van der Waals surface area (Å²) in [5.74, 6) is -0.641. The van der Waals surface area contributed by atoms with Crippen LogP contribution in [0, 0.1) is 12.8 Å². The van der Waals surface area contributed by atoms with Crippen molar-refractivity contribution in [2.45, 2.75) is 45.1 Å². The van der Waals surface area contributed by atoms with Crippen LogP contribution in [0.4, 0.5) is 10.5 Å². The molecule has 1 saturated carbocycles. The summed E-state index contributed by atoms with van der Waals surface area (Å²) < 4.78 is 0. The van der Waals surface area contributed by atoms with Gasteiger partial charge in [-0.1, -0.05) is 37.4 Å². The lowest BCUT2D eigenvalue weighted by Crippen LogP contribution is -2.54. The van der Waals surface area contributed by atoms with Crippen LogP contribution in [0.2, 0.25) is 5.02 Å². The van der Waals surface area contributed by atoms with Crippen LogP contribution in [-0.2, 0) is 9.59 Å². The third-order valence-electron chi connectivity index (χ3n) is 5.34. The van der Waals surface area contributed by atoms with Gasteiger partial charge in [0.05, 0.1) is 0 Å². The van der Waals surface area contributed by atoms with E-state index in [-0.39, 0.29) is 18.4 Å². The minimum atomic E-state index is -0.846. The minimum absolute atomic E-state index is 0.0703. The lowest BCUT2D eigenvalue weighted by molar-refractivity contribution is -0.136. The molecule has 6 nitrogen and oxygen atoms in total. The van der Waals surface area contributed by atoms with Crippen molar-refractivity contribution in [1.29, 1.82) is 0 Å². The molecule has 0 unspecified atom stereocenters. The van der Waals surface area contributed by atoms with Gasteiger partial charge in [-0.25, -0.2) is 4.79 Å². The van der Waals surface area contributed by atoms with Crippen LogP contribution < -0.4 is 10.6 Å². The zero-order valence-corrected chi connectivity index (χ0v) is 15.2. The van der Waals surface area contributed by atoms with E-state index < -0.39 is 17.5 Å². The van der Waals surface area contributed by atoms with Crippen molar-refractivity contribution in [1.82, 2.24) is 10.2 Å². The molecule has 0 aromatic heterocycles. The Labute approximate surface area is 151 Å². The predicted octanol–water partition coefficient (Wildman–Crippen LogP) is 3.09. The number of nitrogens with one attached hydrogen (secondary N) is 2. The van der Waals surface area contributed by atoms with Gasteiger partial charge in [0, 0.05) is 10.7 Å². The molecule has 1 aliphatic carbocycles. The Morgan fingerprint density at radius 2 is 2.16 bits per heavy atom. The molecule has 4 amide bonds. The average molecular weight is 364 g/mol. The number of carbonyl (C=O) groups excluding carboxylic acids is 3. The smallest absolute Gasteiger partial charge is 0.324 e. The van der Waals surface area contributed by atoms with E-state index >= 15 is 0 Å². The molecule has 3 rings (SSSR count). The summed E-state index contributed by atoms with van der Waals surface area (Å²) in [7, 11) is 0. The van der Waals surface area contributed by atoms with Crippen molar-refractivity contribution < 1.29 is 14.4 Å². The van der Waals surface area contributed by atoms with Crippen LogP contribution in [0.5, 0.6) is 0 Å². The highest BCUT2D eigenvalue weighted by molar-refractivity contribution is 6.31. The van der Waals surface area contributed by atoms with Crippen molar-refractivity contribution in [2.75, 3.05) is 11.9 Å². The molecule has 2 N–H and O–H groups in total. The maximum Gasteiger partial charge on any atom is 0.325 e. The summed E-state index contributed by atoms with van der Waals surface area (Å²) in [5, 5.41) is 6.11. The Morgan fingerprint density at radius 3 is 2.88 bits per heavy atom. The van der Waals surface area contributed by atoms with Gasteiger partial charge in [0.1, 0.15) is 12.1 Å². The molecule has 1 spiro atoms. The molecule has 1 aromatic carbocycles. The summed E-state index contributed by atoms with van der Waals surface area (Å²) >= 11 is 6.05. The summed E-state index contributed by atoms with van der Waals surface area (Å²) in [5.41, 5.74) is 0.471. The van der Waals surface area contributed by atoms with E-state index in [9.17, 15) is 14.4 Å². The fraction of sp³-hybridized carbons (Fsp3) is 0.500. The van der Waals surface area contributed by atoms with Crippen LogP contribution in [0.15, 0.2) is 18.2 Å². The lowest BCUT2D eigenvalue weighted by atomic mass is 9.73. The van der Waals surface area contributed by atoms with Crippen molar-refractivity contribution in [2.24, 2.45) is 5.92 Å². The standard InChI is InChI=1S/C18H22ClN3O3/c1-11-6-3-4-9-18(11)16(24)22(17(25)21-18)10-15(23)20-14-8-5-7-13(19)12(14)2/h5,7-8,11H,3-4,6,9-10H2,1-2H3,(H,20,23)(H,21,25)/t11-,18+/m0/s1. The summed E-state index contributed by atoms with van der Waals surface area (Å²) in [6, 6.07) is 4.71. The first-order valence-electron chi connectivity index (χ1n) is 8.54. The second-order valence-electron chi connectivity index (χ2n) is 6.90. The van der Waals surface area contributed by atoms with E-state index in [4.69, 9.17) is 11.6 Å². The number of anilines is 1. The third kappa shape index (κ3) is 3.11. The molecule has 2 aliphatic rings. The van der Waals surface area contributed by atoms with Crippen molar-refractivity contribution >= 4 is 35.1 Å². The monoisotopic (exact) mass is 363 g/mol. The normalized spacial score (nSPS) is 26.0. The van der Waals surface area contributed by atoms with Gasteiger partial charge in [-0.15, -0.1) is 0 Å². The van der Waals surface area contributed by atoms with Gasteiger partial charge in [-0.05, 0) is 43.4 Å². The number of halogens is 1. The van der Waals surface area contributed by atoms with Crippen LogP contribution in [0.25, 0.3) is 0 Å². The molecule has 2 fully saturated rings. The van der Waals surface area contributed by atoms with Gasteiger partial charge in [-0.3, -0.25) is 14.5 Å². The Bertz CT molecular complexity index is 736. The molecular formula is C18H22ClN3O3. The molecule has 2 atom stereocenters. The van der Waals surface area contributed by atoms with Crippen molar-refractivity contribution in [3.05, 3.63) is 28.8 Å². The molecule has 1 aromatic rings. The van der Waals surface area contributed by atoms with E-state index in [0.717, 1.165) is 29.7 Å². The highest BCUT2D eigenvalue weighted by Crippen LogP contribution is 2.38. The molecule has 1 aliphatic heterocycles. The summed E-state index contributed by atoms with van der Waals surface area (Å²) in [6.45, 7) is 3.48. The zero-order chi connectivity index (χ0) is 18.2. The number of urea groups is 1. The second kappa shape index (κ2) is 6.67. The number of nitrogens with zero attached hydrogens (tertiary/aromatic N) is 1. The number of hydrogen-bond donors (Lipinski definition) is 2. The molecular weight excluding hydrogens is 342 g/mol. The number of imide groups is 1. The van der Waals surface area contributed by atoms with Crippen LogP contribution in [0.1, 0.15) is 38.2 Å². The maximum atomic E-state index is 12.9. The average Bonchev–Trinajstić information content (AvgIpc) is 2.80. The van der Waals surface area contributed by atoms with Crippen LogP contribution >= 0.6 is 11.6 Å². The maximum absolute atomic E-state index is 12.9. The topological polar surface area (TPSA) is 78.5 Å². The second-order valence-corrected chi connectivity index (χ2v) is 7.31. The van der Waals surface area contributed by atoms with E-state index in [2.05, 4.69) is 10.6 Å². The Hall–Kier alpha value is -2.08. The van der Waals surface area contributed by atoms with E-state index in [0.29, 0.717) is 17.1 Å². The van der Waals surface area contributed by atoms with Crippen molar-refractivity contribution in [3.8, 4) is 0 Å². The first kappa shape index (κ1) is 17.7. The zero-order valence-electron chi connectivity index (χ0n) is 14.4. The fourth-order valence-electron chi connectivity index (χ4n) is 3.72. The number of rotatable bonds is 3. The largest absolute Gasteiger partial charge is 0.325 e. The first-order chi connectivity index (χ1) is 11.8. The highest BCUT2D eigenvalue weighted by Gasteiger charge is 2.55. The van der Waals surface area contributed by atoms with Gasteiger partial charge in [-0.2, -0.15) is 0 Å². The molecule has 0 bridgehead atoms.